The summed E-state index contributed by atoms with van der Waals surface area (Å²) < 4.78 is 3.49. The molecule has 2 aromatic heterocycles. The van der Waals surface area contributed by atoms with E-state index >= 15 is 0 Å². The van der Waals surface area contributed by atoms with E-state index in [0.29, 0.717) is 0 Å². The Labute approximate surface area is 142 Å². The van der Waals surface area contributed by atoms with Crippen LogP contribution in [0, 0.1) is 20.2 Å². The van der Waals surface area contributed by atoms with Crippen molar-refractivity contribution >= 4 is 11.4 Å². The Morgan fingerprint density at radius 2 is 1.36 bits per heavy atom. The molecule has 0 aliphatic carbocycles. The van der Waals surface area contributed by atoms with Crippen LogP contribution in [0.15, 0.2) is 67.3 Å². The van der Waals surface area contributed by atoms with E-state index in [2.05, 4.69) is 0 Å². The summed E-state index contributed by atoms with van der Waals surface area (Å²) in [6.45, 7) is 0. The first-order chi connectivity index (χ1) is 12.0. The Morgan fingerprint density at radius 1 is 0.800 bits per heavy atom. The predicted molar refractivity (Wildman–Crippen MR) is 87.9 cm³/mol. The van der Waals surface area contributed by atoms with Crippen molar-refractivity contribution in [3.63, 3.8) is 0 Å². The largest absolute Gasteiger partial charge is 0.347 e. The predicted octanol–water partition coefficient (Wildman–Crippen LogP) is 2.27. The quantitative estimate of drug-likeness (QED) is 0.414. The van der Waals surface area contributed by atoms with E-state index in [1.54, 1.807) is 17.0 Å². The number of pyridine rings is 2. The van der Waals surface area contributed by atoms with Crippen LogP contribution >= 0.6 is 0 Å². The monoisotopic (exact) mass is 338 g/mol. The molecule has 3 aromatic rings. The molecule has 124 valence electrons. The molecular formula is C17H14N4O4+2. The van der Waals surface area contributed by atoms with Crippen molar-refractivity contribution in [2.45, 2.75) is 0 Å². The van der Waals surface area contributed by atoms with Crippen LogP contribution in [-0.2, 0) is 7.05 Å². The summed E-state index contributed by atoms with van der Waals surface area (Å²) >= 11 is 0. The summed E-state index contributed by atoms with van der Waals surface area (Å²) in [5.74, 6) is 0. The summed E-state index contributed by atoms with van der Waals surface area (Å²) in [4.78, 5) is 20.8. The van der Waals surface area contributed by atoms with Gasteiger partial charge in [0.2, 0.25) is 0 Å². The zero-order valence-corrected chi connectivity index (χ0v) is 13.3. The van der Waals surface area contributed by atoms with Crippen LogP contribution in [0.2, 0.25) is 0 Å². The van der Waals surface area contributed by atoms with Crippen molar-refractivity contribution in [3.8, 4) is 16.8 Å². The summed E-state index contributed by atoms with van der Waals surface area (Å²) in [6.07, 6.45) is 7.24. The molecule has 0 saturated heterocycles. The van der Waals surface area contributed by atoms with Gasteiger partial charge in [-0.1, -0.05) is 0 Å². The molecule has 0 N–H and O–H groups in total. The summed E-state index contributed by atoms with van der Waals surface area (Å²) in [7, 11) is 1.93. The van der Waals surface area contributed by atoms with Crippen molar-refractivity contribution in [2.75, 3.05) is 0 Å². The lowest BCUT2D eigenvalue weighted by atomic mass is 10.1. The van der Waals surface area contributed by atoms with Crippen LogP contribution in [0.3, 0.4) is 0 Å². The summed E-state index contributed by atoms with van der Waals surface area (Å²) in [5, 5.41) is 22.1. The van der Waals surface area contributed by atoms with Crippen LogP contribution in [0.4, 0.5) is 11.4 Å². The number of hydrogen-bond acceptors (Lipinski definition) is 4. The van der Waals surface area contributed by atoms with Gasteiger partial charge in [0.15, 0.2) is 24.8 Å². The van der Waals surface area contributed by atoms with E-state index in [4.69, 9.17) is 0 Å². The molecule has 1 aromatic carbocycles. The van der Waals surface area contributed by atoms with Gasteiger partial charge in [0.25, 0.3) is 11.4 Å². The molecule has 0 amide bonds. The Balaban J connectivity index is 2.01. The topological polar surface area (TPSA) is 94.0 Å². The number of nitrogens with zero attached hydrogens (tertiary/aromatic N) is 4. The number of nitro benzene ring substituents is 2. The smallest absolute Gasteiger partial charge is 0.258 e. The maximum absolute atomic E-state index is 11.3. The van der Waals surface area contributed by atoms with Gasteiger partial charge in [-0.15, -0.1) is 0 Å². The van der Waals surface area contributed by atoms with E-state index < -0.39 is 9.85 Å². The average molecular weight is 338 g/mol. The number of nitro groups is 2. The third kappa shape index (κ3) is 3.32. The third-order valence-corrected chi connectivity index (χ3v) is 3.79. The first-order valence-electron chi connectivity index (χ1n) is 7.36. The van der Waals surface area contributed by atoms with Crippen molar-refractivity contribution in [2.24, 2.45) is 7.05 Å². The zero-order chi connectivity index (χ0) is 18.0. The summed E-state index contributed by atoms with van der Waals surface area (Å²) in [6, 6.07) is 11.2. The molecule has 3 rings (SSSR count). The maximum atomic E-state index is 11.3. The van der Waals surface area contributed by atoms with Gasteiger partial charge in [0.05, 0.1) is 9.85 Å². The molecule has 0 fully saturated rings. The Bertz CT molecular complexity index is 953. The molecule has 0 unspecified atom stereocenters. The van der Waals surface area contributed by atoms with E-state index in [1.807, 2.05) is 48.3 Å². The maximum Gasteiger partial charge on any atom is 0.347 e. The zero-order valence-electron chi connectivity index (χ0n) is 13.3. The second-order valence-electron chi connectivity index (χ2n) is 5.43. The molecule has 0 aliphatic heterocycles. The van der Waals surface area contributed by atoms with Gasteiger partial charge >= 0.3 is 5.69 Å². The van der Waals surface area contributed by atoms with Crippen LogP contribution < -0.4 is 9.13 Å². The normalized spacial score (nSPS) is 10.4. The fourth-order valence-electron chi connectivity index (χ4n) is 2.46. The highest BCUT2D eigenvalue weighted by atomic mass is 16.6. The van der Waals surface area contributed by atoms with Crippen molar-refractivity contribution in [3.05, 3.63) is 87.5 Å². The number of rotatable bonds is 4. The van der Waals surface area contributed by atoms with Gasteiger partial charge in [-0.25, -0.2) is 4.57 Å². The first-order valence-corrected chi connectivity index (χ1v) is 7.36. The molecule has 0 aliphatic rings. The van der Waals surface area contributed by atoms with Crippen molar-refractivity contribution < 1.29 is 19.0 Å². The SMILES string of the molecule is C[n+]1ccc(-c2cc[n+](-c3ccc([N+](=O)[O-])cc3[N+](=O)[O-])cc2)cc1. The van der Waals surface area contributed by atoms with Gasteiger partial charge in [0.1, 0.15) is 13.1 Å². The van der Waals surface area contributed by atoms with Crippen LogP contribution in [0.5, 0.6) is 0 Å². The van der Waals surface area contributed by atoms with Crippen LogP contribution in [-0.4, -0.2) is 9.85 Å². The molecule has 8 heteroatoms. The van der Waals surface area contributed by atoms with Gasteiger partial charge in [-0.05, 0) is 11.1 Å². The minimum Gasteiger partial charge on any atom is -0.258 e. The molecule has 2 heterocycles. The van der Waals surface area contributed by atoms with Crippen molar-refractivity contribution in [1.29, 1.82) is 0 Å². The Kier molecular flexibility index (Phi) is 4.17. The van der Waals surface area contributed by atoms with Gasteiger partial charge in [-0.3, -0.25) is 20.2 Å². The fourth-order valence-corrected chi connectivity index (χ4v) is 2.46. The second-order valence-corrected chi connectivity index (χ2v) is 5.43. The summed E-state index contributed by atoms with van der Waals surface area (Å²) in [5.41, 5.74) is 1.61. The van der Waals surface area contributed by atoms with E-state index in [-0.39, 0.29) is 17.1 Å². The lowest BCUT2D eigenvalue weighted by Crippen LogP contribution is -2.30. The average Bonchev–Trinajstić information content (AvgIpc) is 2.62. The lowest BCUT2D eigenvalue weighted by Gasteiger charge is -2.01. The van der Waals surface area contributed by atoms with E-state index in [1.165, 1.54) is 12.1 Å². The molecule has 8 nitrogen and oxygen atoms in total. The van der Waals surface area contributed by atoms with Gasteiger partial charge in [0, 0.05) is 36.4 Å². The molecule has 0 atom stereocenters. The standard InChI is InChI=1S/C17H14N4O4/c1-18-8-4-13(5-9-18)14-6-10-19(11-7-14)16-3-2-15(20(22)23)12-17(16)21(24)25/h2-12H,1H3/q+2. The number of hydrogen-bond donors (Lipinski definition) is 0. The number of benzene rings is 1. The van der Waals surface area contributed by atoms with Gasteiger partial charge < -0.3 is 0 Å². The third-order valence-electron chi connectivity index (χ3n) is 3.79. The Hall–Kier alpha value is -3.68. The highest BCUT2D eigenvalue weighted by molar-refractivity contribution is 5.61. The van der Waals surface area contributed by atoms with Crippen LogP contribution in [0.25, 0.3) is 16.8 Å². The minimum atomic E-state index is -0.653. The number of aromatic nitrogens is 2. The lowest BCUT2D eigenvalue weighted by molar-refractivity contribution is -0.671. The molecule has 0 bridgehead atoms. The van der Waals surface area contributed by atoms with Crippen LogP contribution in [0.1, 0.15) is 0 Å². The molecule has 0 radical (unpaired) electrons. The first kappa shape index (κ1) is 16.2. The fraction of sp³-hybridized carbons (Fsp3) is 0.0588. The van der Waals surface area contributed by atoms with E-state index in [9.17, 15) is 20.2 Å². The van der Waals surface area contributed by atoms with Crippen molar-refractivity contribution in [1.82, 2.24) is 0 Å². The Morgan fingerprint density at radius 3 is 1.88 bits per heavy atom. The molecular weight excluding hydrogens is 324 g/mol. The second kappa shape index (κ2) is 6.44. The molecule has 25 heavy (non-hydrogen) atoms. The number of aryl methyl sites for hydroxylation is 1. The van der Waals surface area contributed by atoms with Gasteiger partial charge in [-0.2, -0.15) is 4.57 Å². The molecule has 0 saturated carbocycles. The minimum absolute atomic E-state index is 0.265. The van der Waals surface area contributed by atoms with E-state index in [0.717, 1.165) is 17.2 Å². The molecule has 0 spiro atoms. The highest BCUT2D eigenvalue weighted by Gasteiger charge is 2.26. The highest BCUT2D eigenvalue weighted by Crippen LogP contribution is 2.25. The number of non-ortho nitro benzene ring substituents is 1.